The van der Waals surface area contributed by atoms with Crippen LogP contribution in [0.15, 0.2) is 12.2 Å². The van der Waals surface area contributed by atoms with Crippen LogP contribution in [0, 0.1) is 45.3 Å². The Morgan fingerprint density at radius 1 is 0.897 bits per heavy atom. The van der Waals surface area contributed by atoms with Crippen molar-refractivity contribution in [3.05, 3.63) is 12.2 Å². The summed E-state index contributed by atoms with van der Waals surface area (Å²) in [6.07, 6.45) is 13.3. The molecule has 1 N–H and O–H groups in total. The molecule has 4 saturated carbocycles. The summed E-state index contributed by atoms with van der Waals surface area (Å²) < 4.78 is 17.8. The average Bonchev–Trinajstić information content (AvgIpc) is 3.19. The smallest absolute Gasteiger partial charge is 0.302 e. The van der Waals surface area contributed by atoms with Gasteiger partial charge in [-0.3, -0.25) is 4.79 Å². The van der Waals surface area contributed by atoms with Crippen LogP contribution in [-0.4, -0.2) is 48.7 Å². The summed E-state index contributed by atoms with van der Waals surface area (Å²) in [5.74, 6) is 2.14. The van der Waals surface area contributed by atoms with Gasteiger partial charge in [-0.15, -0.1) is 0 Å². The third kappa shape index (κ3) is 4.75. The van der Waals surface area contributed by atoms with Gasteiger partial charge in [0.05, 0.1) is 11.2 Å². The van der Waals surface area contributed by atoms with Gasteiger partial charge >= 0.3 is 5.97 Å². The molecule has 0 aromatic rings. The highest BCUT2D eigenvalue weighted by Crippen LogP contribution is 2.76. The zero-order valence-corrected chi connectivity index (χ0v) is 26.9. The molecule has 0 aromatic heterocycles. The van der Waals surface area contributed by atoms with Crippen molar-refractivity contribution in [2.75, 3.05) is 14.2 Å². The molecule has 5 nitrogen and oxygen atoms in total. The minimum atomic E-state index is -0.952. The number of carbonyl (C=O) groups is 1. The lowest BCUT2D eigenvalue weighted by atomic mass is 9.35. The predicted octanol–water partition coefficient (Wildman–Crippen LogP) is 7.35. The maximum absolute atomic E-state index is 11.9. The number of hydrogen-bond donors (Lipinski definition) is 1. The highest BCUT2D eigenvalue weighted by molar-refractivity contribution is 5.66. The molecule has 0 radical (unpaired) electrons. The van der Waals surface area contributed by atoms with Gasteiger partial charge in [0, 0.05) is 26.6 Å². The van der Waals surface area contributed by atoms with Crippen LogP contribution >= 0.6 is 0 Å². The van der Waals surface area contributed by atoms with Crippen LogP contribution in [0.1, 0.15) is 114 Å². The molecular weight excluding hydrogens is 488 g/mol. The van der Waals surface area contributed by atoms with E-state index in [-0.39, 0.29) is 39.8 Å². The monoisotopic (exact) mass is 546 g/mol. The topological polar surface area (TPSA) is 65.0 Å². The fourth-order valence-corrected chi connectivity index (χ4v) is 11.0. The van der Waals surface area contributed by atoms with Gasteiger partial charge in [-0.1, -0.05) is 46.8 Å². The van der Waals surface area contributed by atoms with Crippen LogP contribution < -0.4 is 0 Å². The first-order valence-electron chi connectivity index (χ1n) is 15.6. The van der Waals surface area contributed by atoms with Gasteiger partial charge in [-0.2, -0.15) is 0 Å². The van der Waals surface area contributed by atoms with Crippen LogP contribution in [0.5, 0.6) is 0 Å². The normalized spacial score (nSPS) is 44.2. The lowest BCUT2D eigenvalue weighted by Gasteiger charge is -2.70. The second kappa shape index (κ2) is 10.1. The molecule has 4 fully saturated rings. The van der Waals surface area contributed by atoms with Crippen molar-refractivity contribution in [3.8, 4) is 0 Å². The summed E-state index contributed by atoms with van der Waals surface area (Å²) in [4.78, 5) is 11.9. The second-order valence-electron chi connectivity index (χ2n) is 15.8. The van der Waals surface area contributed by atoms with Crippen LogP contribution in [0.4, 0.5) is 0 Å². The Morgan fingerprint density at radius 2 is 1.54 bits per heavy atom. The summed E-state index contributed by atoms with van der Waals surface area (Å²) in [5.41, 5.74) is -0.558. The third-order valence-electron chi connectivity index (χ3n) is 13.4. The van der Waals surface area contributed by atoms with Crippen molar-refractivity contribution in [3.63, 3.8) is 0 Å². The van der Waals surface area contributed by atoms with Crippen LogP contribution in [0.2, 0.25) is 0 Å². The van der Waals surface area contributed by atoms with Crippen molar-refractivity contribution in [2.45, 2.75) is 137 Å². The highest BCUT2D eigenvalue weighted by Gasteiger charge is 2.69. The largest absolute Gasteiger partial charge is 0.462 e. The number of esters is 1. The van der Waals surface area contributed by atoms with E-state index in [0.717, 1.165) is 12.8 Å². The molecule has 10 unspecified atom stereocenters. The minimum absolute atomic E-state index is 0.00620. The Hall–Kier alpha value is -0.910. The molecule has 4 rings (SSSR count). The number of rotatable bonds is 7. The van der Waals surface area contributed by atoms with Gasteiger partial charge < -0.3 is 19.3 Å². The number of hydrogen-bond acceptors (Lipinski definition) is 5. The van der Waals surface area contributed by atoms with Crippen molar-refractivity contribution < 1.29 is 24.1 Å². The lowest BCUT2D eigenvalue weighted by Crippen LogP contribution is -2.64. The molecule has 0 amide bonds. The molecule has 10 atom stereocenters. The summed E-state index contributed by atoms with van der Waals surface area (Å²) in [5, 5.41) is 10.6. The minimum Gasteiger partial charge on any atom is -0.462 e. The van der Waals surface area contributed by atoms with Crippen molar-refractivity contribution in [1.29, 1.82) is 0 Å². The SMILES string of the molecule is COC(C=CC(C)(OC)C1CCC2(C)C1CCC1C3(C)CCC(OC(C)=O)C(C)(C)C3CCC12C)C(C)(C)O. The molecule has 0 aromatic carbocycles. The Morgan fingerprint density at radius 3 is 2.10 bits per heavy atom. The molecule has 0 heterocycles. The molecule has 0 aliphatic heterocycles. The standard InChI is InChI=1S/C34H58O5/c1-22(35)39-27-16-18-31(6)25(29(27,2)3)15-20-33(8)26(31)13-12-23-24(14-19-32(23,33)7)34(9,38-11)21-17-28(37-10)30(4,5)36/h17,21,23-28,36H,12-16,18-20H2,1-11H3. The summed E-state index contributed by atoms with van der Waals surface area (Å²) in [6.45, 7) is 19.9. The van der Waals surface area contributed by atoms with Gasteiger partial charge in [0.1, 0.15) is 12.2 Å². The number of ether oxygens (including phenoxy) is 3. The number of fused-ring (bicyclic) bond motifs is 5. The van der Waals surface area contributed by atoms with E-state index in [2.05, 4.69) is 47.6 Å². The quantitative estimate of drug-likeness (QED) is 0.267. The first-order valence-corrected chi connectivity index (χ1v) is 15.6. The van der Waals surface area contributed by atoms with E-state index in [1.54, 1.807) is 27.9 Å². The average molecular weight is 547 g/mol. The van der Waals surface area contributed by atoms with Crippen molar-refractivity contribution in [2.24, 2.45) is 45.3 Å². The Balaban J connectivity index is 1.63. The van der Waals surface area contributed by atoms with E-state index in [4.69, 9.17) is 14.2 Å². The lowest BCUT2D eigenvalue weighted by molar-refractivity contribution is -0.229. The Labute approximate surface area is 238 Å². The molecule has 4 aliphatic carbocycles. The zero-order valence-electron chi connectivity index (χ0n) is 26.9. The van der Waals surface area contributed by atoms with Gasteiger partial charge in [0.15, 0.2) is 0 Å². The number of methoxy groups -OCH3 is 2. The summed E-state index contributed by atoms with van der Waals surface area (Å²) >= 11 is 0. The first-order chi connectivity index (χ1) is 17.9. The third-order valence-corrected chi connectivity index (χ3v) is 13.4. The molecule has 0 spiro atoms. The van der Waals surface area contributed by atoms with Gasteiger partial charge in [0.2, 0.25) is 0 Å². The Bertz CT molecular complexity index is 950. The van der Waals surface area contributed by atoms with E-state index in [9.17, 15) is 9.90 Å². The zero-order chi connectivity index (χ0) is 29.2. The molecule has 39 heavy (non-hydrogen) atoms. The van der Waals surface area contributed by atoms with Crippen molar-refractivity contribution >= 4 is 5.97 Å². The highest BCUT2D eigenvalue weighted by atomic mass is 16.5. The number of carbonyl (C=O) groups excluding carboxylic acids is 1. The summed E-state index contributed by atoms with van der Waals surface area (Å²) in [6, 6.07) is 0. The van der Waals surface area contributed by atoms with E-state index in [0.29, 0.717) is 23.7 Å². The molecule has 0 bridgehead atoms. The van der Waals surface area contributed by atoms with Gasteiger partial charge in [-0.05, 0) is 112 Å². The van der Waals surface area contributed by atoms with Crippen molar-refractivity contribution in [1.82, 2.24) is 0 Å². The summed E-state index contributed by atoms with van der Waals surface area (Å²) in [7, 11) is 3.50. The van der Waals surface area contributed by atoms with E-state index >= 15 is 0 Å². The van der Waals surface area contributed by atoms with Gasteiger partial charge in [0.25, 0.3) is 0 Å². The van der Waals surface area contributed by atoms with Crippen LogP contribution in [0.25, 0.3) is 0 Å². The second-order valence-corrected chi connectivity index (χ2v) is 15.8. The maximum Gasteiger partial charge on any atom is 0.302 e. The maximum atomic E-state index is 11.9. The van der Waals surface area contributed by atoms with Crippen LogP contribution in [0.3, 0.4) is 0 Å². The molecule has 0 saturated heterocycles. The Kier molecular flexibility index (Phi) is 8.05. The van der Waals surface area contributed by atoms with E-state index < -0.39 is 11.2 Å². The first kappa shape index (κ1) is 31.0. The fourth-order valence-electron chi connectivity index (χ4n) is 11.0. The molecular formula is C34H58O5. The number of aliphatic hydroxyl groups is 1. The van der Waals surface area contributed by atoms with E-state index in [1.165, 1.54) is 38.5 Å². The molecule has 4 aliphatic rings. The van der Waals surface area contributed by atoms with Crippen LogP contribution in [-0.2, 0) is 19.0 Å². The predicted molar refractivity (Wildman–Crippen MR) is 156 cm³/mol. The fraction of sp³-hybridized carbons (Fsp3) is 0.912. The van der Waals surface area contributed by atoms with E-state index in [1.807, 2.05) is 13.2 Å². The molecule has 224 valence electrons. The van der Waals surface area contributed by atoms with Gasteiger partial charge in [-0.25, -0.2) is 0 Å². The molecule has 5 heteroatoms.